The van der Waals surface area contributed by atoms with E-state index in [1.165, 1.54) is 0 Å². The van der Waals surface area contributed by atoms with Crippen LogP contribution >= 0.6 is 0 Å². The third kappa shape index (κ3) is 3.37. The summed E-state index contributed by atoms with van der Waals surface area (Å²) < 4.78 is 0. The highest BCUT2D eigenvalue weighted by atomic mass is 15.1. The minimum atomic E-state index is 0.501. The summed E-state index contributed by atoms with van der Waals surface area (Å²) in [6.07, 6.45) is 2.31. The van der Waals surface area contributed by atoms with Crippen LogP contribution in [0.3, 0.4) is 0 Å². The molecule has 1 fully saturated rings. The van der Waals surface area contributed by atoms with Crippen molar-refractivity contribution in [2.45, 2.75) is 18.9 Å². The first kappa shape index (κ1) is 14.8. The first-order valence-corrected chi connectivity index (χ1v) is 7.92. The number of nitrogens with zero attached hydrogens (tertiary/aromatic N) is 1. The van der Waals surface area contributed by atoms with Crippen molar-refractivity contribution in [3.8, 4) is 0 Å². The van der Waals surface area contributed by atoms with Crippen molar-refractivity contribution in [2.24, 2.45) is 0 Å². The predicted octanol–water partition coefficient (Wildman–Crippen LogP) is 3.61. The third-order valence-electron chi connectivity index (χ3n) is 4.34. The fourth-order valence-corrected chi connectivity index (χ4v) is 2.96. The molecule has 3 rings (SSSR count). The molecule has 0 radical (unpaired) electrons. The van der Waals surface area contributed by atoms with Gasteiger partial charge in [0, 0.05) is 22.9 Å². The van der Waals surface area contributed by atoms with Gasteiger partial charge in [-0.15, -0.1) is 0 Å². The standard InChI is InChI=1S/C19H23N3/c1-22-13-11-16(12-14-22)21-18-10-6-5-9-17(18)19(20)15-7-3-2-4-8-15/h2-10,16,20-21H,11-14H2,1H3. The summed E-state index contributed by atoms with van der Waals surface area (Å²) in [6, 6.07) is 18.6. The van der Waals surface area contributed by atoms with E-state index in [4.69, 9.17) is 5.41 Å². The second-order valence-electron chi connectivity index (χ2n) is 6.01. The molecular formula is C19H23N3. The summed E-state index contributed by atoms with van der Waals surface area (Å²) in [5.74, 6) is 0. The van der Waals surface area contributed by atoms with Crippen molar-refractivity contribution in [3.05, 3.63) is 65.7 Å². The monoisotopic (exact) mass is 293 g/mol. The Kier molecular flexibility index (Phi) is 4.54. The minimum absolute atomic E-state index is 0.501. The molecule has 0 atom stereocenters. The molecule has 0 unspecified atom stereocenters. The minimum Gasteiger partial charge on any atom is -0.382 e. The number of nitrogens with one attached hydrogen (secondary N) is 2. The van der Waals surface area contributed by atoms with Crippen molar-refractivity contribution >= 4 is 11.4 Å². The zero-order chi connectivity index (χ0) is 15.4. The van der Waals surface area contributed by atoms with E-state index in [0.717, 1.165) is 42.7 Å². The molecule has 0 spiro atoms. The third-order valence-corrected chi connectivity index (χ3v) is 4.34. The van der Waals surface area contributed by atoms with E-state index in [9.17, 15) is 0 Å². The molecule has 2 N–H and O–H groups in total. The van der Waals surface area contributed by atoms with E-state index >= 15 is 0 Å². The summed E-state index contributed by atoms with van der Waals surface area (Å²) in [5.41, 5.74) is 3.59. The van der Waals surface area contributed by atoms with E-state index in [0.29, 0.717) is 11.8 Å². The topological polar surface area (TPSA) is 39.1 Å². The van der Waals surface area contributed by atoms with Gasteiger partial charge in [0.15, 0.2) is 0 Å². The van der Waals surface area contributed by atoms with Crippen LogP contribution in [0, 0.1) is 5.41 Å². The quantitative estimate of drug-likeness (QED) is 0.845. The molecule has 1 heterocycles. The largest absolute Gasteiger partial charge is 0.382 e. The molecule has 22 heavy (non-hydrogen) atoms. The maximum atomic E-state index is 8.51. The van der Waals surface area contributed by atoms with Crippen LogP contribution in [0.2, 0.25) is 0 Å². The summed E-state index contributed by atoms with van der Waals surface area (Å²) >= 11 is 0. The van der Waals surface area contributed by atoms with Crippen molar-refractivity contribution in [1.82, 2.24) is 4.90 Å². The molecule has 0 saturated carbocycles. The van der Waals surface area contributed by atoms with E-state index in [1.54, 1.807) is 0 Å². The molecule has 0 bridgehead atoms. The second-order valence-corrected chi connectivity index (χ2v) is 6.01. The van der Waals surface area contributed by atoms with Gasteiger partial charge in [0.05, 0.1) is 5.71 Å². The van der Waals surface area contributed by atoms with E-state index in [2.05, 4.69) is 23.3 Å². The number of para-hydroxylation sites is 1. The molecule has 1 aliphatic heterocycles. The average Bonchev–Trinajstić information content (AvgIpc) is 2.58. The number of hydrogen-bond acceptors (Lipinski definition) is 3. The normalized spacial score (nSPS) is 16.4. The zero-order valence-corrected chi connectivity index (χ0v) is 13.0. The molecule has 0 aromatic heterocycles. The van der Waals surface area contributed by atoms with Crippen molar-refractivity contribution < 1.29 is 0 Å². The molecule has 1 saturated heterocycles. The molecule has 0 aliphatic carbocycles. The van der Waals surface area contributed by atoms with Gasteiger partial charge in [0.2, 0.25) is 0 Å². The van der Waals surface area contributed by atoms with Gasteiger partial charge in [0.1, 0.15) is 0 Å². The van der Waals surface area contributed by atoms with Gasteiger partial charge in [-0.25, -0.2) is 0 Å². The summed E-state index contributed by atoms with van der Waals surface area (Å²) in [4.78, 5) is 2.37. The summed E-state index contributed by atoms with van der Waals surface area (Å²) in [5, 5.41) is 12.2. The first-order valence-electron chi connectivity index (χ1n) is 7.92. The average molecular weight is 293 g/mol. The van der Waals surface area contributed by atoms with E-state index in [1.807, 2.05) is 48.5 Å². The fraction of sp³-hybridized carbons (Fsp3) is 0.316. The van der Waals surface area contributed by atoms with Crippen molar-refractivity contribution in [2.75, 3.05) is 25.5 Å². The number of piperidine rings is 1. The lowest BCUT2D eigenvalue weighted by atomic mass is 9.99. The number of benzene rings is 2. The highest BCUT2D eigenvalue weighted by Gasteiger charge is 2.18. The Balaban J connectivity index is 1.80. The van der Waals surface area contributed by atoms with Crippen LogP contribution in [0.4, 0.5) is 5.69 Å². The maximum Gasteiger partial charge on any atom is 0.0705 e. The smallest absolute Gasteiger partial charge is 0.0705 e. The number of likely N-dealkylation sites (tertiary alicyclic amines) is 1. The molecule has 2 aromatic rings. The van der Waals surface area contributed by atoms with E-state index < -0.39 is 0 Å². The Hall–Kier alpha value is -2.13. The number of hydrogen-bond donors (Lipinski definition) is 2. The van der Waals surface area contributed by atoms with Crippen LogP contribution in [-0.2, 0) is 0 Å². The van der Waals surface area contributed by atoms with Gasteiger partial charge >= 0.3 is 0 Å². The number of anilines is 1. The lowest BCUT2D eigenvalue weighted by Gasteiger charge is -2.30. The van der Waals surface area contributed by atoms with E-state index in [-0.39, 0.29) is 0 Å². The summed E-state index contributed by atoms with van der Waals surface area (Å²) in [7, 11) is 2.18. The molecule has 3 heteroatoms. The maximum absolute atomic E-state index is 8.51. The molecular weight excluding hydrogens is 270 g/mol. The SMILES string of the molecule is CN1CCC(Nc2ccccc2C(=N)c2ccccc2)CC1. The zero-order valence-electron chi connectivity index (χ0n) is 13.0. The van der Waals surface area contributed by atoms with Crippen LogP contribution in [-0.4, -0.2) is 36.8 Å². The van der Waals surface area contributed by atoms with Crippen molar-refractivity contribution in [3.63, 3.8) is 0 Å². The highest BCUT2D eigenvalue weighted by Crippen LogP contribution is 2.22. The molecule has 2 aromatic carbocycles. The second kappa shape index (κ2) is 6.75. The van der Waals surface area contributed by atoms with Gasteiger partial charge in [-0.2, -0.15) is 0 Å². The van der Waals surface area contributed by atoms with Crippen molar-refractivity contribution in [1.29, 1.82) is 5.41 Å². The van der Waals surface area contributed by atoms with Gasteiger partial charge in [-0.3, -0.25) is 5.41 Å². The lowest BCUT2D eigenvalue weighted by Crippen LogP contribution is -2.37. The first-order chi connectivity index (χ1) is 10.7. The molecule has 114 valence electrons. The molecule has 0 amide bonds. The predicted molar refractivity (Wildman–Crippen MR) is 93.0 cm³/mol. The molecule has 3 nitrogen and oxygen atoms in total. The van der Waals surface area contributed by atoms with Crippen LogP contribution in [0.1, 0.15) is 24.0 Å². The van der Waals surface area contributed by atoms with Crippen LogP contribution in [0.5, 0.6) is 0 Å². The molecule has 1 aliphatic rings. The van der Waals surface area contributed by atoms with Crippen LogP contribution < -0.4 is 5.32 Å². The van der Waals surface area contributed by atoms with Crippen LogP contribution in [0.25, 0.3) is 0 Å². The van der Waals surface area contributed by atoms with Gasteiger partial charge < -0.3 is 10.2 Å². The Labute approximate surface area is 132 Å². The number of rotatable bonds is 4. The Morgan fingerprint density at radius 3 is 2.36 bits per heavy atom. The van der Waals surface area contributed by atoms with Gasteiger partial charge in [0.25, 0.3) is 0 Å². The lowest BCUT2D eigenvalue weighted by molar-refractivity contribution is 0.264. The van der Waals surface area contributed by atoms with Gasteiger partial charge in [-0.05, 0) is 39.0 Å². The highest BCUT2D eigenvalue weighted by molar-refractivity contribution is 6.14. The Morgan fingerprint density at radius 2 is 1.64 bits per heavy atom. The fourth-order valence-electron chi connectivity index (χ4n) is 2.96. The Morgan fingerprint density at radius 1 is 1.00 bits per heavy atom. The summed E-state index contributed by atoms with van der Waals surface area (Å²) in [6.45, 7) is 2.27. The Bertz CT molecular complexity index is 628. The van der Waals surface area contributed by atoms with Crippen LogP contribution in [0.15, 0.2) is 54.6 Å². The van der Waals surface area contributed by atoms with Gasteiger partial charge in [-0.1, -0.05) is 48.5 Å².